The minimum absolute atomic E-state index is 0.136. The maximum atomic E-state index is 12.2. The molecule has 1 aromatic carbocycles. The SMILES string of the molecule is CCCN(C)C(=O)c1c(C)cc(C)cc1C. The van der Waals surface area contributed by atoms with Crippen molar-refractivity contribution in [1.82, 2.24) is 4.90 Å². The summed E-state index contributed by atoms with van der Waals surface area (Å²) in [6, 6.07) is 4.14. The molecule has 0 aromatic heterocycles. The first-order chi connectivity index (χ1) is 7.47. The van der Waals surface area contributed by atoms with Crippen LogP contribution in [0.3, 0.4) is 0 Å². The van der Waals surface area contributed by atoms with Crippen molar-refractivity contribution in [2.45, 2.75) is 34.1 Å². The number of hydrogen-bond donors (Lipinski definition) is 0. The average molecular weight is 219 g/mol. The first kappa shape index (κ1) is 12.8. The summed E-state index contributed by atoms with van der Waals surface area (Å²) in [5.41, 5.74) is 4.22. The zero-order valence-electron chi connectivity index (χ0n) is 10.9. The molecule has 0 unspecified atom stereocenters. The molecule has 0 saturated heterocycles. The second-order valence-corrected chi connectivity index (χ2v) is 4.50. The third-order valence-corrected chi connectivity index (χ3v) is 2.80. The van der Waals surface area contributed by atoms with Crippen molar-refractivity contribution in [3.63, 3.8) is 0 Å². The number of carbonyl (C=O) groups excluding carboxylic acids is 1. The molecule has 0 heterocycles. The second kappa shape index (κ2) is 5.15. The molecule has 0 atom stereocenters. The van der Waals surface area contributed by atoms with E-state index in [2.05, 4.69) is 26.0 Å². The van der Waals surface area contributed by atoms with Gasteiger partial charge in [-0.15, -0.1) is 0 Å². The van der Waals surface area contributed by atoms with E-state index in [0.29, 0.717) is 0 Å². The van der Waals surface area contributed by atoms with Gasteiger partial charge in [0, 0.05) is 19.2 Å². The zero-order valence-corrected chi connectivity index (χ0v) is 10.9. The van der Waals surface area contributed by atoms with Gasteiger partial charge in [0.25, 0.3) is 5.91 Å². The molecule has 0 saturated carbocycles. The van der Waals surface area contributed by atoms with E-state index in [4.69, 9.17) is 0 Å². The fraction of sp³-hybridized carbons (Fsp3) is 0.500. The van der Waals surface area contributed by atoms with Crippen LogP contribution in [0.1, 0.15) is 40.4 Å². The fourth-order valence-corrected chi connectivity index (χ4v) is 2.15. The summed E-state index contributed by atoms with van der Waals surface area (Å²) in [6.07, 6.45) is 0.992. The summed E-state index contributed by atoms with van der Waals surface area (Å²) in [6.45, 7) is 8.97. The van der Waals surface area contributed by atoms with Gasteiger partial charge in [-0.25, -0.2) is 0 Å². The van der Waals surface area contributed by atoms with Crippen molar-refractivity contribution in [3.8, 4) is 0 Å². The number of benzene rings is 1. The first-order valence-electron chi connectivity index (χ1n) is 5.80. The predicted molar refractivity (Wildman–Crippen MR) is 67.9 cm³/mol. The number of rotatable bonds is 3. The number of carbonyl (C=O) groups is 1. The Morgan fingerprint density at radius 2 is 1.69 bits per heavy atom. The Morgan fingerprint density at radius 1 is 1.19 bits per heavy atom. The molecule has 88 valence electrons. The van der Waals surface area contributed by atoms with E-state index < -0.39 is 0 Å². The van der Waals surface area contributed by atoms with Crippen molar-refractivity contribution in [3.05, 3.63) is 34.4 Å². The van der Waals surface area contributed by atoms with Gasteiger partial charge in [-0.2, -0.15) is 0 Å². The highest BCUT2D eigenvalue weighted by atomic mass is 16.2. The summed E-state index contributed by atoms with van der Waals surface area (Å²) >= 11 is 0. The highest BCUT2D eigenvalue weighted by molar-refractivity contribution is 5.97. The highest BCUT2D eigenvalue weighted by Crippen LogP contribution is 2.18. The van der Waals surface area contributed by atoms with Gasteiger partial charge in [0.15, 0.2) is 0 Å². The number of aryl methyl sites for hydroxylation is 3. The molecular formula is C14H21NO. The van der Waals surface area contributed by atoms with Crippen LogP contribution in [0.5, 0.6) is 0 Å². The van der Waals surface area contributed by atoms with E-state index in [1.54, 1.807) is 4.90 Å². The predicted octanol–water partition coefficient (Wildman–Crippen LogP) is 3.09. The molecule has 0 aliphatic rings. The van der Waals surface area contributed by atoms with Crippen LogP contribution in [0.4, 0.5) is 0 Å². The number of hydrogen-bond acceptors (Lipinski definition) is 1. The van der Waals surface area contributed by atoms with E-state index >= 15 is 0 Å². The minimum atomic E-state index is 0.136. The molecule has 1 rings (SSSR count). The molecule has 1 amide bonds. The zero-order chi connectivity index (χ0) is 12.3. The van der Waals surface area contributed by atoms with Gasteiger partial charge in [0.05, 0.1) is 0 Å². The monoisotopic (exact) mass is 219 g/mol. The summed E-state index contributed by atoms with van der Waals surface area (Å²) in [5.74, 6) is 0.136. The molecule has 2 heteroatoms. The van der Waals surface area contributed by atoms with Crippen LogP contribution >= 0.6 is 0 Å². The minimum Gasteiger partial charge on any atom is -0.342 e. The summed E-state index contributed by atoms with van der Waals surface area (Å²) in [4.78, 5) is 14.0. The largest absolute Gasteiger partial charge is 0.342 e. The Kier molecular flexibility index (Phi) is 4.11. The van der Waals surface area contributed by atoms with Gasteiger partial charge in [-0.1, -0.05) is 24.6 Å². The van der Waals surface area contributed by atoms with Gasteiger partial charge in [-0.3, -0.25) is 4.79 Å². The molecular weight excluding hydrogens is 198 g/mol. The van der Waals surface area contributed by atoms with Crippen molar-refractivity contribution < 1.29 is 4.79 Å². The maximum absolute atomic E-state index is 12.2. The molecule has 0 radical (unpaired) electrons. The van der Waals surface area contributed by atoms with Gasteiger partial charge in [-0.05, 0) is 38.3 Å². The van der Waals surface area contributed by atoms with E-state index in [1.165, 1.54) is 5.56 Å². The third kappa shape index (κ3) is 2.63. The number of nitrogens with zero attached hydrogens (tertiary/aromatic N) is 1. The molecule has 0 bridgehead atoms. The van der Waals surface area contributed by atoms with Crippen LogP contribution in [-0.4, -0.2) is 24.4 Å². The summed E-state index contributed by atoms with van der Waals surface area (Å²) in [7, 11) is 1.87. The van der Waals surface area contributed by atoms with Gasteiger partial charge >= 0.3 is 0 Å². The smallest absolute Gasteiger partial charge is 0.254 e. The van der Waals surface area contributed by atoms with Crippen molar-refractivity contribution in [2.75, 3.05) is 13.6 Å². The molecule has 0 fully saturated rings. The van der Waals surface area contributed by atoms with Gasteiger partial charge in [0.1, 0.15) is 0 Å². The normalized spacial score (nSPS) is 10.3. The fourth-order valence-electron chi connectivity index (χ4n) is 2.15. The Morgan fingerprint density at radius 3 is 2.12 bits per heavy atom. The lowest BCUT2D eigenvalue weighted by Gasteiger charge is -2.19. The third-order valence-electron chi connectivity index (χ3n) is 2.80. The quantitative estimate of drug-likeness (QED) is 0.765. The molecule has 0 spiro atoms. The lowest BCUT2D eigenvalue weighted by Crippen LogP contribution is -2.28. The molecule has 0 aliphatic carbocycles. The standard InChI is InChI=1S/C14H21NO/c1-6-7-15(5)14(16)13-11(3)8-10(2)9-12(13)4/h8-9H,6-7H2,1-5H3. The van der Waals surface area contributed by atoms with Gasteiger partial charge < -0.3 is 4.90 Å². The molecule has 1 aromatic rings. The Bertz CT molecular complexity index is 373. The second-order valence-electron chi connectivity index (χ2n) is 4.50. The van der Waals surface area contributed by atoms with Crippen LogP contribution < -0.4 is 0 Å². The van der Waals surface area contributed by atoms with Gasteiger partial charge in [0.2, 0.25) is 0 Å². The van der Waals surface area contributed by atoms with E-state index in [1.807, 2.05) is 20.9 Å². The highest BCUT2D eigenvalue weighted by Gasteiger charge is 2.15. The first-order valence-corrected chi connectivity index (χ1v) is 5.80. The Hall–Kier alpha value is -1.31. The Balaban J connectivity index is 3.08. The van der Waals surface area contributed by atoms with E-state index in [9.17, 15) is 4.79 Å². The van der Waals surface area contributed by atoms with Crippen molar-refractivity contribution >= 4 is 5.91 Å². The topological polar surface area (TPSA) is 20.3 Å². The van der Waals surface area contributed by atoms with E-state index in [-0.39, 0.29) is 5.91 Å². The Labute approximate surface area is 98.3 Å². The molecule has 2 nitrogen and oxygen atoms in total. The molecule has 0 N–H and O–H groups in total. The van der Waals surface area contributed by atoms with E-state index in [0.717, 1.165) is 29.7 Å². The average Bonchev–Trinajstić information content (AvgIpc) is 2.16. The van der Waals surface area contributed by atoms with Crippen molar-refractivity contribution in [2.24, 2.45) is 0 Å². The van der Waals surface area contributed by atoms with Crippen molar-refractivity contribution in [1.29, 1.82) is 0 Å². The molecule has 16 heavy (non-hydrogen) atoms. The summed E-state index contributed by atoms with van der Waals surface area (Å²) in [5, 5.41) is 0. The van der Waals surface area contributed by atoms with Crippen LogP contribution in [0, 0.1) is 20.8 Å². The van der Waals surface area contributed by atoms with Crippen LogP contribution in [0.15, 0.2) is 12.1 Å². The molecule has 0 aliphatic heterocycles. The maximum Gasteiger partial charge on any atom is 0.254 e. The van der Waals surface area contributed by atoms with Crippen LogP contribution in [0.2, 0.25) is 0 Å². The number of amides is 1. The van der Waals surface area contributed by atoms with Crippen LogP contribution in [-0.2, 0) is 0 Å². The van der Waals surface area contributed by atoms with Crippen LogP contribution in [0.25, 0.3) is 0 Å². The summed E-state index contributed by atoms with van der Waals surface area (Å²) < 4.78 is 0. The lowest BCUT2D eigenvalue weighted by molar-refractivity contribution is 0.0793. The lowest BCUT2D eigenvalue weighted by atomic mass is 9.99.